The highest BCUT2D eigenvalue weighted by atomic mass is 32.1. The highest BCUT2D eigenvalue weighted by Crippen LogP contribution is 2.47. The fraction of sp³-hybridized carbons (Fsp3) is 0. The largest absolute Gasteiger partial charge is 0.455 e. The summed E-state index contributed by atoms with van der Waals surface area (Å²) in [5.74, 6) is 0. The predicted octanol–water partition coefficient (Wildman–Crippen LogP) is 15.8. The van der Waals surface area contributed by atoms with E-state index in [1.54, 1.807) is 0 Å². The van der Waals surface area contributed by atoms with E-state index in [0.29, 0.717) is 0 Å². The lowest BCUT2D eigenvalue weighted by molar-refractivity contribution is 0.673. The van der Waals surface area contributed by atoms with Gasteiger partial charge in [0.25, 0.3) is 0 Å². The molecule has 0 spiro atoms. The van der Waals surface area contributed by atoms with Crippen molar-refractivity contribution in [3.63, 3.8) is 0 Å². The number of nitrogens with zero attached hydrogens (tertiary/aromatic N) is 1. The minimum absolute atomic E-state index is 0.920. The Labute approximate surface area is 318 Å². The van der Waals surface area contributed by atoms with Crippen LogP contribution in [0.2, 0.25) is 0 Å². The van der Waals surface area contributed by atoms with Crippen LogP contribution in [0.5, 0.6) is 0 Å². The van der Waals surface area contributed by atoms with E-state index in [4.69, 9.17) is 4.42 Å². The van der Waals surface area contributed by atoms with Crippen LogP contribution in [0.3, 0.4) is 0 Å². The van der Waals surface area contributed by atoms with Gasteiger partial charge in [-0.05, 0) is 81.9 Å². The van der Waals surface area contributed by atoms with Crippen molar-refractivity contribution in [1.29, 1.82) is 0 Å². The number of thiophene rings is 2. The van der Waals surface area contributed by atoms with Gasteiger partial charge in [-0.1, -0.05) is 121 Å². The maximum Gasteiger partial charge on any atom is 0.143 e. The number of anilines is 3. The number of para-hydroxylation sites is 1. The van der Waals surface area contributed by atoms with Crippen molar-refractivity contribution in [3.8, 4) is 11.1 Å². The summed E-state index contributed by atoms with van der Waals surface area (Å²) in [6.45, 7) is 0. The van der Waals surface area contributed by atoms with Gasteiger partial charge in [0, 0.05) is 63.2 Å². The molecule has 0 aliphatic rings. The molecule has 4 heteroatoms. The molecule has 0 radical (unpaired) electrons. The molecule has 0 aliphatic carbocycles. The van der Waals surface area contributed by atoms with Crippen molar-refractivity contribution in [2.24, 2.45) is 0 Å². The fourth-order valence-corrected chi connectivity index (χ4v) is 11.0. The van der Waals surface area contributed by atoms with Crippen molar-refractivity contribution in [3.05, 3.63) is 176 Å². The van der Waals surface area contributed by atoms with E-state index in [9.17, 15) is 0 Å². The molecule has 0 amide bonds. The lowest BCUT2D eigenvalue weighted by Crippen LogP contribution is -2.10. The molecule has 252 valence electrons. The van der Waals surface area contributed by atoms with Crippen LogP contribution < -0.4 is 4.90 Å². The predicted molar refractivity (Wildman–Crippen MR) is 235 cm³/mol. The summed E-state index contributed by atoms with van der Waals surface area (Å²) in [6.07, 6.45) is 0. The summed E-state index contributed by atoms with van der Waals surface area (Å²) in [4.78, 5) is 2.44. The van der Waals surface area contributed by atoms with E-state index in [-0.39, 0.29) is 0 Å². The molecule has 0 saturated heterocycles. The third-order valence-corrected chi connectivity index (χ3v) is 13.5. The van der Waals surface area contributed by atoms with Crippen molar-refractivity contribution in [1.82, 2.24) is 0 Å². The quantitative estimate of drug-likeness (QED) is 0.168. The Hall–Kier alpha value is -6.46. The summed E-state index contributed by atoms with van der Waals surface area (Å²) in [5.41, 5.74) is 7.76. The monoisotopic (exact) mass is 723 g/mol. The summed E-state index contributed by atoms with van der Waals surface area (Å²) < 4.78 is 11.8. The first kappa shape index (κ1) is 30.0. The first-order chi connectivity index (χ1) is 26.8. The molecule has 3 heterocycles. The molecule has 0 fully saturated rings. The van der Waals surface area contributed by atoms with E-state index >= 15 is 0 Å². The lowest BCUT2D eigenvalue weighted by Gasteiger charge is -2.27. The standard InChI is InChI=1S/C50H29NOS2/c1-4-16-44-37(9-1)40-27-23-31-19-20-32-29-34(26-28-35(32)47(31)48(40)52-44)51(43-15-8-14-42-39-11-3-6-18-46(39)54-50(42)43)33-24-21-30(22-25-33)36-12-7-13-41-38-10-2-5-17-45(38)53-49(36)41/h1-29H. The molecule has 12 aromatic rings. The van der Waals surface area contributed by atoms with Crippen molar-refractivity contribution < 1.29 is 4.42 Å². The molecule has 0 bridgehead atoms. The molecule has 0 aliphatic heterocycles. The molecule has 54 heavy (non-hydrogen) atoms. The molecule has 2 nitrogen and oxygen atoms in total. The third-order valence-electron chi connectivity index (χ3n) is 11.0. The SMILES string of the molecule is c1ccc2c(c1)oc1c2ccc2ccc3cc(N(c4ccc(-c5cccc6c5sc5ccccc56)cc4)c4cccc5c4sc4ccccc45)ccc3c21. The molecule has 0 unspecified atom stereocenters. The van der Waals surface area contributed by atoms with Crippen LogP contribution in [0.1, 0.15) is 0 Å². The van der Waals surface area contributed by atoms with E-state index in [1.165, 1.54) is 73.3 Å². The summed E-state index contributed by atoms with van der Waals surface area (Å²) in [7, 11) is 0. The summed E-state index contributed by atoms with van der Waals surface area (Å²) in [6, 6.07) is 64.2. The topological polar surface area (TPSA) is 16.4 Å². The van der Waals surface area contributed by atoms with E-state index in [0.717, 1.165) is 38.7 Å². The Bertz CT molecular complexity index is 3460. The minimum Gasteiger partial charge on any atom is -0.455 e. The van der Waals surface area contributed by atoms with Crippen LogP contribution in [-0.2, 0) is 0 Å². The van der Waals surface area contributed by atoms with Gasteiger partial charge < -0.3 is 9.32 Å². The van der Waals surface area contributed by atoms with Crippen LogP contribution in [0.15, 0.2) is 180 Å². The zero-order valence-corrected chi connectivity index (χ0v) is 30.5. The smallest absolute Gasteiger partial charge is 0.143 e. The normalized spacial score (nSPS) is 12.1. The number of furan rings is 1. The maximum atomic E-state index is 6.55. The Morgan fingerprint density at radius 1 is 0.407 bits per heavy atom. The van der Waals surface area contributed by atoms with Crippen molar-refractivity contribution in [2.45, 2.75) is 0 Å². The van der Waals surface area contributed by atoms with Crippen LogP contribution in [0, 0.1) is 0 Å². The molecule has 0 atom stereocenters. The lowest BCUT2D eigenvalue weighted by atomic mass is 9.98. The second kappa shape index (κ2) is 11.5. The fourth-order valence-electron chi connectivity index (χ4n) is 8.56. The van der Waals surface area contributed by atoms with Gasteiger partial charge in [-0.25, -0.2) is 0 Å². The molecule has 12 rings (SSSR count). The Balaban J connectivity index is 1.06. The van der Waals surface area contributed by atoms with Gasteiger partial charge in [0.05, 0.1) is 10.4 Å². The third kappa shape index (κ3) is 4.38. The molecule has 9 aromatic carbocycles. The molecular formula is C50H29NOS2. The average Bonchev–Trinajstić information content (AvgIpc) is 3.93. The Morgan fingerprint density at radius 2 is 1.02 bits per heavy atom. The summed E-state index contributed by atoms with van der Waals surface area (Å²) >= 11 is 3.74. The molecule has 3 aromatic heterocycles. The molecule has 0 N–H and O–H groups in total. The van der Waals surface area contributed by atoms with Gasteiger partial charge in [0.2, 0.25) is 0 Å². The number of hydrogen-bond donors (Lipinski definition) is 0. The zero-order chi connectivity index (χ0) is 35.3. The van der Waals surface area contributed by atoms with Crippen LogP contribution in [0.25, 0.3) is 95.0 Å². The second-order valence-corrected chi connectivity index (χ2v) is 16.1. The number of rotatable bonds is 4. The minimum atomic E-state index is 0.920. The number of hydrogen-bond acceptors (Lipinski definition) is 4. The van der Waals surface area contributed by atoms with Crippen LogP contribution >= 0.6 is 22.7 Å². The maximum absolute atomic E-state index is 6.55. The molecular weight excluding hydrogens is 695 g/mol. The van der Waals surface area contributed by atoms with E-state index < -0.39 is 0 Å². The van der Waals surface area contributed by atoms with Gasteiger partial charge in [-0.15, -0.1) is 22.7 Å². The van der Waals surface area contributed by atoms with Crippen LogP contribution in [-0.4, -0.2) is 0 Å². The number of benzene rings is 9. The first-order valence-electron chi connectivity index (χ1n) is 18.2. The van der Waals surface area contributed by atoms with E-state index in [2.05, 4.69) is 175 Å². The first-order valence-corrected chi connectivity index (χ1v) is 19.9. The van der Waals surface area contributed by atoms with Gasteiger partial charge in [-0.2, -0.15) is 0 Å². The Morgan fingerprint density at radius 3 is 1.83 bits per heavy atom. The zero-order valence-electron chi connectivity index (χ0n) is 28.9. The second-order valence-electron chi connectivity index (χ2n) is 14.0. The highest BCUT2D eigenvalue weighted by molar-refractivity contribution is 7.26. The molecule has 0 saturated carbocycles. The van der Waals surface area contributed by atoms with Crippen molar-refractivity contribution >= 4 is 124 Å². The van der Waals surface area contributed by atoms with Gasteiger partial charge >= 0.3 is 0 Å². The van der Waals surface area contributed by atoms with Crippen LogP contribution in [0.4, 0.5) is 17.1 Å². The highest BCUT2D eigenvalue weighted by Gasteiger charge is 2.20. The van der Waals surface area contributed by atoms with Crippen molar-refractivity contribution in [2.75, 3.05) is 4.90 Å². The van der Waals surface area contributed by atoms with Gasteiger partial charge in [0.1, 0.15) is 11.2 Å². The summed E-state index contributed by atoms with van der Waals surface area (Å²) in [5, 5.41) is 12.2. The van der Waals surface area contributed by atoms with E-state index in [1.807, 2.05) is 28.7 Å². The average molecular weight is 724 g/mol. The number of fused-ring (bicyclic) bond motifs is 13. The Kier molecular flexibility index (Phi) is 6.41. The van der Waals surface area contributed by atoms with Gasteiger partial charge in [0.15, 0.2) is 0 Å². The van der Waals surface area contributed by atoms with Gasteiger partial charge in [-0.3, -0.25) is 0 Å².